The predicted octanol–water partition coefficient (Wildman–Crippen LogP) is 2.89. The Balaban J connectivity index is 1.55. The number of likely N-dealkylation sites (N-methyl/N-ethyl adjacent to an activating group) is 1. The number of likely N-dealkylation sites (tertiary alicyclic amines) is 1. The summed E-state index contributed by atoms with van der Waals surface area (Å²) in [6.45, 7) is 10.6. The Hall–Kier alpha value is -2.50. The molecule has 0 amide bonds. The summed E-state index contributed by atoms with van der Waals surface area (Å²) in [5.74, 6) is 1.02. The van der Waals surface area contributed by atoms with E-state index < -0.39 is 0 Å². The van der Waals surface area contributed by atoms with Crippen molar-refractivity contribution in [2.24, 2.45) is 9.98 Å². The lowest BCUT2D eigenvalue weighted by Gasteiger charge is -2.34. The Bertz CT molecular complexity index is 921. The highest BCUT2D eigenvalue weighted by molar-refractivity contribution is 6.04. The lowest BCUT2D eigenvalue weighted by Crippen LogP contribution is -2.44. The highest BCUT2D eigenvalue weighted by Crippen LogP contribution is 2.24. The van der Waals surface area contributed by atoms with Gasteiger partial charge in [0, 0.05) is 58.4 Å². The van der Waals surface area contributed by atoms with Crippen LogP contribution in [0.2, 0.25) is 0 Å². The van der Waals surface area contributed by atoms with E-state index in [2.05, 4.69) is 80.9 Å². The number of piperazine rings is 1. The summed E-state index contributed by atoms with van der Waals surface area (Å²) in [7, 11) is 4.06. The average molecular weight is 376 g/mol. The standard InChI is InChI=1S/C23H29N5/c1-24-22-17-27(15-18-8-9-19-6-4-5-7-20(19)14-18)16-21(22)23(25-2)28-12-10-26(3)11-13-28/h4-9,14H,2,10-13,15-17H2,1,3H3/b23-21+,24-22?. The van der Waals surface area contributed by atoms with Crippen LogP contribution in [0.4, 0.5) is 0 Å². The molecule has 0 spiro atoms. The summed E-state index contributed by atoms with van der Waals surface area (Å²) in [4.78, 5) is 16.2. The topological polar surface area (TPSA) is 34.4 Å². The van der Waals surface area contributed by atoms with Crippen LogP contribution < -0.4 is 0 Å². The first-order valence-corrected chi connectivity index (χ1v) is 9.97. The van der Waals surface area contributed by atoms with Crippen molar-refractivity contribution in [2.75, 3.05) is 53.4 Å². The smallest absolute Gasteiger partial charge is 0.134 e. The zero-order valence-electron chi connectivity index (χ0n) is 16.9. The number of hydrogen-bond acceptors (Lipinski definition) is 5. The molecule has 5 nitrogen and oxygen atoms in total. The Morgan fingerprint density at radius 2 is 1.75 bits per heavy atom. The maximum atomic E-state index is 4.58. The van der Waals surface area contributed by atoms with Crippen LogP contribution in [0.5, 0.6) is 0 Å². The molecular weight excluding hydrogens is 346 g/mol. The summed E-state index contributed by atoms with van der Waals surface area (Å²) in [5, 5.41) is 2.59. The number of benzene rings is 2. The zero-order valence-corrected chi connectivity index (χ0v) is 16.9. The van der Waals surface area contributed by atoms with Crippen LogP contribution in [0, 0.1) is 0 Å². The lowest BCUT2D eigenvalue weighted by atomic mass is 10.1. The van der Waals surface area contributed by atoms with E-state index >= 15 is 0 Å². The van der Waals surface area contributed by atoms with E-state index in [9.17, 15) is 0 Å². The normalized spacial score (nSPS) is 22.2. The van der Waals surface area contributed by atoms with Crippen molar-refractivity contribution in [2.45, 2.75) is 6.54 Å². The van der Waals surface area contributed by atoms with Gasteiger partial charge < -0.3 is 9.80 Å². The molecule has 0 saturated carbocycles. The van der Waals surface area contributed by atoms with Crippen molar-refractivity contribution >= 4 is 23.2 Å². The van der Waals surface area contributed by atoms with Crippen LogP contribution in [-0.4, -0.2) is 80.5 Å². The van der Waals surface area contributed by atoms with Crippen molar-refractivity contribution in [1.29, 1.82) is 0 Å². The Morgan fingerprint density at radius 1 is 1.00 bits per heavy atom. The van der Waals surface area contributed by atoms with Gasteiger partial charge in [-0.2, -0.15) is 0 Å². The van der Waals surface area contributed by atoms with Crippen molar-refractivity contribution in [3.63, 3.8) is 0 Å². The number of hydrogen-bond donors (Lipinski definition) is 0. The highest BCUT2D eigenvalue weighted by Gasteiger charge is 2.28. The molecule has 2 fully saturated rings. The molecule has 2 heterocycles. The van der Waals surface area contributed by atoms with Gasteiger partial charge >= 0.3 is 0 Å². The second-order valence-electron chi connectivity index (χ2n) is 7.75. The minimum Gasteiger partial charge on any atom is -0.354 e. The van der Waals surface area contributed by atoms with E-state index in [1.165, 1.54) is 21.9 Å². The van der Waals surface area contributed by atoms with Crippen LogP contribution in [0.15, 0.2) is 63.8 Å². The molecule has 4 rings (SSSR count). The summed E-state index contributed by atoms with van der Waals surface area (Å²) in [5.41, 5.74) is 3.72. The van der Waals surface area contributed by atoms with Gasteiger partial charge in [-0.15, -0.1) is 0 Å². The van der Waals surface area contributed by atoms with Crippen LogP contribution in [0.25, 0.3) is 10.8 Å². The number of nitrogens with zero attached hydrogens (tertiary/aromatic N) is 5. The molecule has 0 radical (unpaired) electrons. The third kappa shape index (κ3) is 3.86. The largest absolute Gasteiger partial charge is 0.354 e. The fraction of sp³-hybridized carbons (Fsp3) is 0.391. The Kier molecular flexibility index (Phi) is 5.55. The monoisotopic (exact) mass is 375 g/mol. The molecular formula is C23H29N5. The number of fused-ring (bicyclic) bond motifs is 1. The molecule has 5 heteroatoms. The maximum absolute atomic E-state index is 4.58. The van der Waals surface area contributed by atoms with Crippen LogP contribution >= 0.6 is 0 Å². The van der Waals surface area contributed by atoms with Crippen LogP contribution in [-0.2, 0) is 6.54 Å². The first-order chi connectivity index (χ1) is 13.7. The van der Waals surface area contributed by atoms with E-state index in [0.29, 0.717) is 0 Å². The second-order valence-corrected chi connectivity index (χ2v) is 7.75. The summed E-state index contributed by atoms with van der Waals surface area (Å²) in [6.07, 6.45) is 0. The van der Waals surface area contributed by atoms with Gasteiger partial charge in [-0.1, -0.05) is 36.4 Å². The number of aliphatic imine (C=N–C) groups is 2. The first kappa shape index (κ1) is 18.8. The van der Waals surface area contributed by atoms with Crippen molar-refractivity contribution in [1.82, 2.24) is 14.7 Å². The molecule has 0 aromatic heterocycles. The van der Waals surface area contributed by atoms with E-state index in [4.69, 9.17) is 0 Å². The Labute approximate surface area is 167 Å². The van der Waals surface area contributed by atoms with Gasteiger partial charge in [0.25, 0.3) is 0 Å². The van der Waals surface area contributed by atoms with Gasteiger partial charge in [-0.3, -0.25) is 9.89 Å². The van der Waals surface area contributed by atoms with Crippen molar-refractivity contribution < 1.29 is 0 Å². The lowest BCUT2D eigenvalue weighted by molar-refractivity contribution is 0.184. The fourth-order valence-electron chi connectivity index (χ4n) is 4.20. The van der Waals surface area contributed by atoms with Gasteiger partial charge in [0.05, 0.1) is 5.71 Å². The third-order valence-electron chi connectivity index (χ3n) is 5.82. The summed E-state index contributed by atoms with van der Waals surface area (Å²) in [6, 6.07) is 15.3. The molecule has 2 aromatic carbocycles. The van der Waals surface area contributed by atoms with Crippen molar-refractivity contribution in [3.8, 4) is 0 Å². The molecule has 0 atom stereocenters. The molecule has 2 aromatic rings. The Morgan fingerprint density at radius 3 is 2.46 bits per heavy atom. The minimum atomic E-state index is 0.866. The zero-order chi connectivity index (χ0) is 19.5. The molecule has 0 unspecified atom stereocenters. The molecule has 0 N–H and O–H groups in total. The quantitative estimate of drug-likeness (QED) is 0.771. The van der Waals surface area contributed by atoms with E-state index in [1.54, 1.807) is 0 Å². The average Bonchev–Trinajstić information content (AvgIpc) is 3.12. The summed E-state index contributed by atoms with van der Waals surface area (Å²) >= 11 is 0. The van der Waals surface area contributed by atoms with Crippen molar-refractivity contribution in [3.05, 3.63) is 59.4 Å². The minimum absolute atomic E-state index is 0.866. The molecule has 146 valence electrons. The van der Waals surface area contributed by atoms with Gasteiger partial charge in [0.15, 0.2) is 0 Å². The molecule has 2 aliphatic heterocycles. The number of rotatable bonds is 4. The molecule has 0 bridgehead atoms. The molecule has 28 heavy (non-hydrogen) atoms. The van der Waals surface area contributed by atoms with Crippen LogP contribution in [0.1, 0.15) is 5.56 Å². The second kappa shape index (κ2) is 8.25. The van der Waals surface area contributed by atoms with E-state index in [1.807, 2.05) is 7.05 Å². The van der Waals surface area contributed by atoms with Gasteiger partial charge in [-0.05, 0) is 36.2 Å². The highest BCUT2D eigenvalue weighted by atomic mass is 15.3. The fourth-order valence-corrected chi connectivity index (χ4v) is 4.20. The predicted molar refractivity (Wildman–Crippen MR) is 118 cm³/mol. The maximum Gasteiger partial charge on any atom is 0.134 e. The SMILES string of the molecule is C=N/C(=C1/CN(Cc2ccc3ccccc3c2)CC1=NC)N1CCN(C)CC1. The van der Waals surface area contributed by atoms with E-state index in [0.717, 1.165) is 57.3 Å². The summed E-state index contributed by atoms with van der Waals surface area (Å²) < 4.78 is 0. The van der Waals surface area contributed by atoms with Gasteiger partial charge in [0.2, 0.25) is 0 Å². The van der Waals surface area contributed by atoms with E-state index in [-0.39, 0.29) is 0 Å². The third-order valence-corrected chi connectivity index (χ3v) is 5.82. The molecule has 0 aliphatic carbocycles. The molecule has 2 aliphatic rings. The van der Waals surface area contributed by atoms with Crippen LogP contribution in [0.3, 0.4) is 0 Å². The first-order valence-electron chi connectivity index (χ1n) is 9.97. The molecule has 2 saturated heterocycles. The van der Waals surface area contributed by atoms with Gasteiger partial charge in [0.1, 0.15) is 5.82 Å². The van der Waals surface area contributed by atoms with Gasteiger partial charge in [-0.25, -0.2) is 4.99 Å².